The second kappa shape index (κ2) is 28.4. The summed E-state index contributed by atoms with van der Waals surface area (Å²) in [5, 5.41) is 30.5. The molecule has 1 unspecified atom stereocenters. The van der Waals surface area contributed by atoms with E-state index in [1.807, 2.05) is 0 Å². The van der Waals surface area contributed by atoms with E-state index in [9.17, 15) is 37.9 Å². The molecule has 0 amide bonds. The summed E-state index contributed by atoms with van der Waals surface area (Å²) in [5.74, 6) is -2.11. The van der Waals surface area contributed by atoms with Crippen LogP contribution in [0.1, 0.15) is 142 Å². The fourth-order valence-electron chi connectivity index (χ4n) is 5.37. The minimum absolute atomic E-state index is 0. The minimum Gasteiger partial charge on any atom is -0.748 e. The van der Waals surface area contributed by atoms with E-state index in [4.69, 9.17) is 18.9 Å². The SMILES string of the molecule is CCCCCCCCCCCC(=O)OCC(CO[C@H]1O[C@H](CS(=O)(=O)[O-])[C@@H](O)[C@H](O)[C@H]1O)OC(=O)CCCCCCCCCCC.[Na+]. The van der Waals surface area contributed by atoms with Crippen molar-refractivity contribution < 1.29 is 86.4 Å². The zero-order chi connectivity index (χ0) is 34.2. The molecule has 0 radical (unpaired) electrons. The van der Waals surface area contributed by atoms with E-state index in [0.29, 0.717) is 12.8 Å². The summed E-state index contributed by atoms with van der Waals surface area (Å²) in [6.45, 7) is 3.64. The molecule has 1 aliphatic heterocycles. The molecule has 0 spiro atoms. The molecule has 0 saturated carbocycles. The van der Waals surface area contributed by atoms with Crippen LogP contribution in [0.3, 0.4) is 0 Å². The van der Waals surface area contributed by atoms with Gasteiger partial charge in [-0.25, -0.2) is 8.42 Å². The van der Waals surface area contributed by atoms with Gasteiger partial charge >= 0.3 is 41.5 Å². The second-order valence-electron chi connectivity index (χ2n) is 12.5. The standard InChI is InChI=1S/C33H62O12S.Na/c1-3-5-7-9-11-13-15-17-19-21-28(34)42-23-26(44-29(35)22-20-18-16-14-12-10-8-6-4-2)24-43-33-32(38)31(37)30(36)27(45-33)25-46(39,40)41;/h26-27,30-33,36-38H,3-25H2,1-2H3,(H,39,40,41);/q;+1/p-1/t26?,27-,30-,31+,32-,33+;/m1./s1. The number of unbranched alkanes of at least 4 members (excludes halogenated alkanes) is 16. The van der Waals surface area contributed by atoms with E-state index < -0.39 is 71.2 Å². The van der Waals surface area contributed by atoms with Crippen LogP contribution in [0.2, 0.25) is 0 Å². The zero-order valence-electron chi connectivity index (χ0n) is 29.2. The average molecular weight is 705 g/mol. The predicted molar refractivity (Wildman–Crippen MR) is 172 cm³/mol. The van der Waals surface area contributed by atoms with Crippen LogP contribution in [-0.4, -0.2) is 96.0 Å². The summed E-state index contributed by atoms with van der Waals surface area (Å²) in [6.07, 6.45) is 10.2. The van der Waals surface area contributed by atoms with E-state index in [-0.39, 0.29) is 49.0 Å². The van der Waals surface area contributed by atoms with Crippen molar-refractivity contribution in [2.75, 3.05) is 19.0 Å². The molecule has 3 N–H and O–H groups in total. The predicted octanol–water partition coefficient (Wildman–Crippen LogP) is 1.66. The number of hydrogen-bond acceptors (Lipinski definition) is 12. The summed E-state index contributed by atoms with van der Waals surface area (Å²) in [5.41, 5.74) is 0. The van der Waals surface area contributed by atoms with Gasteiger partial charge in [-0.15, -0.1) is 0 Å². The summed E-state index contributed by atoms with van der Waals surface area (Å²) < 4.78 is 55.3. The van der Waals surface area contributed by atoms with Crippen molar-refractivity contribution in [2.24, 2.45) is 0 Å². The van der Waals surface area contributed by atoms with Crippen molar-refractivity contribution >= 4 is 22.1 Å². The number of carbonyl (C=O) groups excluding carboxylic acids is 2. The monoisotopic (exact) mass is 704 g/mol. The van der Waals surface area contributed by atoms with Crippen molar-refractivity contribution in [3.05, 3.63) is 0 Å². The van der Waals surface area contributed by atoms with E-state index in [2.05, 4.69) is 13.8 Å². The molecule has 0 aromatic carbocycles. The molecule has 0 aliphatic carbocycles. The molecule has 14 heteroatoms. The molecule has 6 atom stereocenters. The number of aliphatic hydroxyl groups is 3. The topological polar surface area (TPSA) is 189 Å². The fourth-order valence-corrected chi connectivity index (χ4v) is 6.05. The maximum Gasteiger partial charge on any atom is 1.00 e. The summed E-state index contributed by atoms with van der Waals surface area (Å²) in [4.78, 5) is 25.0. The van der Waals surface area contributed by atoms with Crippen molar-refractivity contribution in [3.63, 3.8) is 0 Å². The fraction of sp³-hybridized carbons (Fsp3) is 0.939. The van der Waals surface area contributed by atoms with Crippen molar-refractivity contribution in [1.29, 1.82) is 0 Å². The van der Waals surface area contributed by atoms with E-state index in [1.165, 1.54) is 64.2 Å². The van der Waals surface area contributed by atoms with Gasteiger partial charge in [0.05, 0.1) is 22.5 Å². The Morgan fingerprint density at radius 1 is 0.681 bits per heavy atom. The van der Waals surface area contributed by atoms with Crippen LogP contribution in [0.15, 0.2) is 0 Å². The van der Waals surface area contributed by atoms with Crippen LogP contribution in [0.25, 0.3) is 0 Å². The number of esters is 2. The normalized spacial score (nSPS) is 22.0. The first-order valence-electron chi connectivity index (χ1n) is 17.6. The molecule has 12 nitrogen and oxygen atoms in total. The Labute approximate surface area is 305 Å². The number of ether oxygens (including phenoxy) is 4. The van der Waals surface area contributed by atoms with Gasteiger partial charge in [-0.05, 0) is 12.8 Å². The molecular weight excluding hydrogens is 643 g/mol. The molecule has 1 saturated heterocycles. The van der Waals surface area contributed by atoms with Crippen LogP contribution in [0.5, 0.6) is 0 Å². The molecule has 1 heterocycles. The van der Waals surface area contributed by atoms with Gasteiger partial charge in [0.15, 0.2) is 12.4 Å². The smallest absolute Gasteiger partial charge is 0.748 e. The first-order valence-corrected chi connectivity index (χ1v) is 19.2. The van der Waals surface area contributed by atoms with Crippen LogP contribution >= 0.6 is 0 Å². The van der Waals surface area contributed by atoms with E-state index >= 15 is 0 Å². The van der Waals surface area contributed by atoms with Crippen molar-refractivity contribution in [2.45, 2.75) is 179 Å². The minimum atomic E-state index is -4.84. The summed E-state index contributed by atoms with van der Waals surface area (Å²) in [7, 11) is -4.84. The van der Waals surface area contributed by atoms with Gasteiger partial charge in [0.2, 0.25) is 0 Å². The van der Waals surface area contributed by atoms with E-state index in [0.717, 1.165) is 38.5 Å². The summed E-state index contributed by atoms with van der Waals surface area (Å²) in [6, 6.07) is 0. The Hall–Kier alpha value is -0.350. The number of carbonyl (C=O) groups is 2. The van der Waals surface area contributed by atoms with Crippen LogP contribution < -0.4 is 29.6 Å². The van der Waals surface area contributed by atoms with Gasteiger partial charge < -0.3 is 38.8 Å². The largest absolute Gasteiger partial charge is 1.00 e. The van der Waals surface area contributed by atoms with Gasteiger partial charge in [0.25, 0.3) is 0 Å². The maximum atomic E-state index is 12.6. The third kappa shape index (κ3) is 23.6. The van der Waals surface area contributed by atoms with Crippen molar-refractivity contribution in [3.8, 4) is 0 Å². The molecule has 0 aromatic rings. The van der Waals surface area contributed by atoms with Crippen LogP contribution in [0, 0.1) is 0 Å². The second-order valence-corrected chi connectivity index (χ2v) is 14.0. The van der Waals surface area contributed by atoms with Crippen LogP contribution in [0.4, 0.5) is 0 Å². The average Bonchev–Trinajstić information content (AvgIpc) is 3.00. The van der Waals surface area contributed by atoms with Crippen LogP contribution in [-0.2, 0) is 38.7 Å². The Morgan fingerprint density at radius 3 is 1.60 bits per heavy atom. The molecule has 0 aromatic heterocycles. The van der Waals surface area contributed by atoms with Gasteiger partial charge in [0, 0.05) is 12.8 Å². The maximum absolute atomic E-state index is 12.6. The van der Waals surface area contributed by atoms with Crippen molar-refractivity contribution in [1.82, 2.24) is 0 Å². The Morgan fingerprint density at radius 2 is 1.13 bits per heavy atom. The molecule has 47 heavy (non-hydrogen) atoms. The summed E-state index contributed by atoms with van der Waals surface area (Å²) >= 11 is 0. The Kier molecular flexibility index (Phi) is 28.1. The van der Waals surface area contributed by atoms with E-state index in [1.54, 1.807) is 0 Å². The molecule has 272 valence electrons. The molecular formula is C33H61NaO12S. The van der Waals surface area contributed by atoms with Gasteiger partial charge in [-0.3, -0.25) is 9.59 Å². The number of hydrogen-bond donors (Lipinski definition) is 3. The molecule has 1 rings (SSSR count). The molecule has 0 bridgehead atoms. The first-order chi connectivity index (χ1) is 22.0. The third-order valence-corrected chi connectivity index (χ3v) is 8.92. The molecule has 1 fully saturated rings. The molecule has 1 aliphatic rings. The van der Waals surface area contributed by atoms with Gasteiger partial charge in [-0.2, -0.15) is 0 Å². The first kappa shape index (κ1) is 46.6. The Bertz CT molecular complexity index is 906. The Balaban J connectivity index is 0.0000212. The number of aliphatic hydroxyl groups excluding tert-OH is 3. The van der Waals surface area contributed by atoms with Gasteiger partial charge in [-0.1, -0.05) is 117 Å². The third-order valence-electron chi connectivity index (χ3n) is 8.18. The van der Waals surface area contributed by atoms with Gasteiger partial charge in [0.1, 0.15) is 31.0 Å². The quantitative estimate of drug-likeness (QED) is 0.0463. The zero-order valence-corrected chi connectivity index (χ0v) is 32.0. The number of rotatable bonds is 28.